The highest BCUT2D eigenvalue weighted by molar-refractivity contribution is 5.93. The predicted octanol–water partition coefficient (Wildman–Crippen LogP) is 0.796. The zero-order valence-electron chi connectivity index (χ0n) is 18.9. The molecule has 4 unspecified atom stereocenters. The van der Waals surface area contributed by atoms with Crippen LogP contribution in [0.15, 0.2) is 24.3 Å². The Kier molecular flexibility index (Phi) is 9.45. The van der Waals surface area contributed by atoms with Crippen LogP contribution >= 0.6 is 0 Å². The number of aliphatic hydroxyl groups is 1. The predicted molar refractivity (Wildman–Crippen MR) is 119 cm³/mol. The number of fused-ring (bicyclic) bond motifs is 1. The van der Waals surface area contributed by atoms with Crippen LogP contribution in [0.3, 0.4) is 0 Å². The molecule has 1 aliphatic rings. The Labute approximate surface area is 184 Å². The number of aliphatic hydroxyl groups excluding tert-OH is 1. The highest BCUT2D eigenvalue weighted by atomic mass is 16.3. The summed E-state index contributed by atoms with van der Waals surface area (Å²) in [5.41, 5.74) is 2.33. The molecule has 1 aromatic rings. The Hall–Kier alpha value is -2.45. The first kappa shape index (κ1) is 24.8. The fourth-order valence-electron chi connectivity index (χ4n) is 3.78. The highest BCUT2D eigenvalue weighted by Gasteiger charge is 2.31. The van der Waals surface area contributed by atoms with E-state index in [0.717, 1.165) is 24.8 Å². The largest absolute Gasteiger partial charge is 0.396 e. The number of likely N-dealkylation sites (N-methyl/N-ethyl adjacent to an activating group) is 1. The van der Waals surface area contributed by atoms with E-state index in [-0.39, 0.29) is 36.8 Å². The minimum Gasteiger partial charge on any atom is -0.396 e. The number of hydrogen-bond acceptors (Lipinski definition) is 5. The maximum Gasteiger partial charge on any atom is 0.243 e. The molecule has 8 heteroatoms. The van der Waals surface area contributed by atoms with Crippen molar-refractivity contribution < 1.29 is 19.5 Å². The van der Waals surface area contributed by atoms with Gasteiger partial charge in [0.1, 0.15) is 12.1 Å². The summed E-state index contributed by atoms with van der Waals surface area (Å²) in [6, 6.07) is 5.81. The molecule has 8 nitrogen and oxygen atoms in total. The van der Waals surface area contributed by atoms with E-state index in [1.807, 2.05) is 32.0 Å². The van der Waals surface area contributed by atoms with Crippen molar-refractivity contribution >= 4 is 17.7 Å². The van der Waals surface area contributed by atoms with E-state index in [1.54, 1.807) is 14.0 Å². The molecular weight excluding hydrogens is 396 g/mol. The number of carbonyl (C=O) groups is 3. The van der Waals surface area contributed by atoms with Gasteiger partial charge in [-0.25, -0.2) is 0 Å². The molecule has 0 aromatic heterocycles. The summed E-state index contributed by atoms with van der Waals surface area (Å²) in [5.74, 6) is -1.24. The maximum atomic E-state index is 13.0. The van der Waals surface area contributed by atoms with Crippen molar-refractivity contribution in [3.63, 3.8) is 0 Å². The fourth-order valence-corrected chi connectivity index (χ4v) is 3.78. The van der Waals surface area contributed by atoms with Crippen LogP contribution in [-0.4, -0.2) is 54.6 Å². The first-order valence-corrected chi connectivity index (χ1v) is 11.1. The smallest absolute Gasteiger partial charge is 0.243 e. The minimum absolute atomic E-state index is 0.0949. The van der Waals surface area contributed by atoms with Gasteiger partial charge in [-0.15, -0.1) is 0 Å². The van der Waals surface area contributed by atoms with Crippen molar-refractivity contribution in [2.75, 3.05) is 13.7 Å². The van der Waals surface area contributed by atoms with Gasteiger partial charge in [0.15, 0.2) is 0 Å². The number of aryl methyl sites for hydroxylation is 1. The van der Waals surface area contributed by atoms with E-state index in [0.29, 0.717) is 0 Å². The molecule has 31 heavy (non-hydrogen) atoms. The average molecular weight is 433 g/mol. The molecule has 172 valence electrons. The number of hydrogen-bond donors (Lipinski definition) is 5. The third-order valence-electron chi connectivity index (χ3n) is 5.81. The average Bonchev–Trinajstić information content (AvgIpc) is 2.76. The molecule has 3 amide bonds. The number of nitrogens with one attached hydrogen (secondary N) is 4. The lowest BCUT2D eigenvalue weighted by Gasteiger charge is -2.29. The lowest BCUT2D eigenvalue weighted by molar-refractivity contribution is -0.133. The first-order chi connectivity index (χ1) is 14.8. The van der Waals surface area contributed by atoms with Crippen molar-refractivity contribution in [2.45, 2.75) is 70.6 Å². The van der Waals surface area contributed by atoms with Crippen LogP contribution in [0.25, 0.3) is 0 Å². The van der Waals surface area contributed by atoms with Crippen LogP contribution in [0, 0.1) is 5.92 Å². The molecule has 0 bridgehead atoms. The van der Waals surface area contributed by atoms with E-state index in [2.05, 4.69) is 27.3 Å². The molecule has 0 saturated carbocycles. The summed E-state index contributed by atoms with van der Waals surface area (Å²) in [7, 11) is 1.67. The van der Waals surface area contributed by atoms with Crippen LogP contribution in [0.4, 0.5) is 0 Å². The van der Waals surface area contributed by atoms with E-state index in [9.17, 15) is 19.5 Å². The zero-order valence-corrected chi connectivity index (χ0v) is 18.9. The molecule has 0 fully saturated rings. The van der Waals surface area contributed by atoms with E-state index in [1.165, 1.54) is 5.56 Å². The molecular formula is C23H36N4O4. The van der Waals surface area contributed by atoms with Gasteiger partial charge in [0.05, 0.1) is 12.1 Å². The van der Waals surface area contributed by atoms with Crippen LogP contribution in [0.2, 0.25) is 0 Å². The highest BCUT2D eigenvalue weighted by Crippen LogP contribution is 2.29. The number of benzene rings is 1. The Morgan fingerprint density at radius 3 is 2.42 bits per heavy atom. The third kappa shape index (κ3) is 6.77. The summed E-state index contributed by atoms with van der Waals surface area (Å²) < 4.78 is 0. The Morgan fingerprint density at radius 1 is 1.06 bits per heavy atom. The number of carbonyl (C=O) groups excluding carboxylic acids is 3. The van der Waals surface area contributed by atoms with E-state index in [4.69, 9.17) is 0 Å². The van der Waals surface area contributed by atoms with Gasteiger partial charge < -0.3 is 26.4 Å². The second kappa shape index (κ2) is 11.8. The summed E-state index contributed by atoms with van der Waals surface area (Å²) >= 11 is 0. The van der Waals surface area contributed by atoms with Crippen molar-refractivity contribution in [2.24, 2.45) is 5.92 Å². The Morgan fingerprint density at radius 2 is 1.77 bits per heavy atom. The normalized spacial score (nSPS) is 18.5. The second-order valence-corrected chi connectivity index (χ2v) is 8.47. The number of rotatable bonds is 10. The standard InChI is InChI=1S/C23H36N4O4/c1-14(2)20(27-21(29)15(3)24-4)23(31)26-19(12-13-28)22(30)25-18-11-7-9-16-8-5-6-10-17(16)18/h5-6,8,10,14-15,18-20,24,28H,7,9,11-13H2,1-4H3,(H,25,30)(H,26,31)(H,27,29). The summed E-state index contributed by atoms with van der Waals surface area (Å²) in [6.45, 7) is 5.12. The van der Waals surface area contributed by atoms with Gasteiger partial charge >= 0.3 is 0 Å². The summed E-state index contributed by atoms with van der Waals surface area (Å²) in [6.07, 6.45) is 2.89. The lowest BCUT2D eigenvalue weighted by atomic mass is 9.87. The lowest BCUT2D eigenvalue weighted by Crippen LogP contribution is -2.57. The summed E-state index contributed by atoms with van der Waals surface area (Å²) in [5, 5.41) is 20.8. The molecule has 4 atom stereocenters. The van der Waals surface area contributed by atoms with Gasteiger partial charge in [0, 0.05) is 6.61 Å². The van der Waals surface area contributed by atoms with Gasteiger partial charge in [-0.1, -0.05) is 38.1 Å². The van der Waals surface area contributed by atoms with Crippen molar-refractivity contribution in [1.29, 1.82) is 0 Å². The van der Waals surface area contributed by atoms with Gasteiger partial charge in [-0.3, -0.25) is 14.4 Å². The number of amides is 3. The van der Waals surface area contributed by atoms with Crippen LogP contribution in [-0.2, 0) is 20.8 Å². The van der Waals surface area contributed by atoms with Gasteiger partial charge in [-0.05, 0) is 56.7 Å². The molecule has 0 aliphatic heterocycles. The molecule has 1 aliphatic carbocycles. The van der Waals surface area contributed by atoms with Crippen LogP contribution in [0.1, 0.15) is 57.2 Å². The van der Waals surface area contributed by atoms with Crippen molar-refractivity contribution in [3.8, 4) is 0 Å². The van der Waals surface area contributed by atoms with E-state index < -0.39 is 24.0 Å². The second-order valence-electron chi connectivity index (χ2n) is 8.47. The maximum absolute atomic E-state index is 13.0. The minimum atomic E-state index is -0.883. The topological polar surface area (TPSA) is 120 Å². The third-order valence-corrected chi connectivity index (χ3v) is 5.81. The van der Waals surface area contributed by atoms with Gasteiger partial charge in [0.25, 0.3) is 0 Å². The summed E-state index contributed by atoms with van der Waals surface area (Å²) in [4.78, 5) is 38.1. The molecule has 0 spiro atoms. The van der Waals surface area contributed by atoms with Gasteiger partial charge in [-0.2, -0.15) is 0 Å². The molecule has 2 rings (SSSR count). The molecule has 1 aromatic carbocycles. The molecule has 0 radical (unpaired) electrons. The van der Waals surface area contributed by atoms with Crippen LogP contribution < -0.4 is 21.3 Å². The molecule has 0 saturated heterocycles. The zero-order chi connectivity index (χ0) is 23.0. The SMILES string of the molecule is CNC(C)C(=O)NC(C(=O)NC(CCO)C(=O)NC1CCCc2ccccc21)C(C)C. The quantitative estimate of drug-likeness (QED) is 0.375. The Balaban J connectivity index is 2.07. The van der Waals surface area contributed by atoms with Crippen molar-refractivity contribution in [3.05, 3.63) is 35.4 Å². The molecule has 0 heterocycles. The van der Waals surface area contributed by atoms with Crippen molar-refractivity contribution in [1.82, 2.24) is 21.3 Å². The van der Waals surface area contributed by atoms with Gasteiger partial charge in [0.2, 0.25) is 17.7 Å². The van der Waals surface area contributed by atoms with Crippen LogP contribution in [0.5, 0.6) is 0 Å². The molecule has 5 N–H and O–H groups in total. The fraction of sp³-hybridized carbons (Fsp3) is 0.609. The van der Waals surface area contributed by atoms with E-state index >= 15 is 0 Å². The first-order valence-electron chi connectivity index (χ1n) is 11.1. The Bertz CT molecular complexity index is 768. The monoisotopic (exact) mass is 432 g/mol.